The van der Waals surface area contributed by atoms with Crippen LogP contribution in [0.25, 0.3) is 11.4 Å². The van der Waals surface area contributed by atoms with Gasteiger partial charge in [-0.2, -0.15) is 9.36 Å². The van der Waals surface area contributed by atoms with Gasteiger partial charge < -0.3 is 4.74 Å². The summed E-state index contributed by atoms with van der Waals surface area (Å²) in [5.74, 6) is 1.07. The molecule has 0 atom stereocenters. The molecule has 24 heavy (non-hydrogen) atoms. The summed E-state index contributed by atoms with van der Waals surface area (Å²) in [7, 11) is 0. The number of rotatable bonds is 6. The predicted molar refractivity (Wildman–Crippen MR) is 95.5 cm³/mol. The summed E-state index contributed by atoms with van der Waals surface area (Å²) in [6.45, 7) is 2.66. The molecule has 0 aliphatic rings. The molecule has 1 heterocycles. The number of carbonyl (C=O) groups is 1. The van der Waals surface area contributed by atoms with E-state index in [4.69, 9.17) is 4.74 Å². The number of hydrogen-bond acceptors (Lipinski definition) is 5. The summed E-state index contributed by atoms with van der Waals surface area (Å²) in [5, 5.41) is 3.25. The molecule has 0 radical (unpaired) electrons. The van der Waals surface area contributed by atoms with Crippen LogP contribution in [0, 0.1) is 0 Å². The number of nitrogens with one attached hydrogen (secondary N) is 1. The molecule has 0 saturated heterocycles. The zero-order valence-corrected chi connectivity index (χ0v) is 14.0. The van der Waals surface area contributed by atoms with E-state index in [1.54, 1.807) is 18.2 Å². The number of hydrogen-bond donors (Lipinski definition) is 1. The SMILES string of the molecule is CCCOc1cccc(C(=O)Nc2nc(-c3ccccc3)ns2)c1. The van der Waals surface area contributed by atoms with Gasteiger partial charge in [0, 0.05) is 22.7 Å². The number of benzene rings is 2. The molecule has 0 spiro atoms. The van der Waals surface area contributed by atoms with Crippen LogP contribution < -0.4 is 10.1 Å². The highest BCUT2D eigenvalue weighted by atomic mass is 32.1. The fourth-order valence-electron chi connectivity index (χ4n) is 2.10. The monoisotopic (exact) mass is 339 g/mol. The molecule has 1 amide bonds. The third-order valence-electron chi connectivity index (χ3n) is 3.25. The largest absolute Gasteiger partial charge is 0.494 e. The summed E-state index contributed by atoms with van der Waals surface area (Å²) in [5.41, 5.74) is 1.45. The molecule has 1 aromatic heterocycles. The topological polar surface area (TPSA) is 64.1 Å². The van der Waals surface area contributed by atoms with Crippen LogP contribution in [0.1, 0.15) is 23.7 Å². The highest BCUT2D eigenvalue weighted by Gasteiger charge is 2.11. The van der Waals surface area contributed by atoms with Crippen molar-refractivity contribution >= 4 is 22.6 Å². The lowest BCUT2D eigenvalue weighted by Crippen LogP contribution is -2.11. The second-order valence-electron chi connectivity index (χ2n) is 5.12. The summed E-state index contributed by atoms with van der Waals surface area (Å²) < 4.78 is 9.84. The molecule has 0 saturated carbocycles. The molecular weight excluding hydrogens is 322 g/mol. The van der Waals surface area contributed by atoms with E-state index in [1.165, 1.54) is 0 Å². The Morgan fingerprint density at radius 1 is 1.17 bits per heavy atom. The zero-order valence-electron chi connectivity index (χ0n) is 13.2. The number of carbonyl (C=O) groups excluding carboxylic acids is 1. The van der Waals surface area contributed by atoms with Crippen molar-refractivity contribution in [3.63, 3.8) is 0 Å². The van der Waals surface area contributed by atoms with Gasteiger partial charge in [0.15, 0.2) is 5.82 Å². The Hall–Kier alpha value is -2.73. The second-order valence-corrected chi connectivity index (χ2v) is 5.87. The van der Waals surface area contributed by atoms with E-state index in [1.807, 2.05) is 43.3 Å². The molecule has 0 aliphatic heterocycles. The van der Waals surface area contributed by atoms with Crippen LogP contribution in [-0.2, 0) is 0 Å². The van der Waals surface area contributed by atoms with Crippen LogP contribution in [-0.4, -0.2) is 21.9 Å². The number of nitrogens with zero attached hydrogens (tertiary/aromatic N) is 2. The molecule has 0 fully saturated rings. The highest BCUT2D eigenvalue weighted by molar-refractivity contribution is 7.10. The quantitative estimate of drug-likeness (QED) is 0.729. The number of ether oxygens (including phenoxy) is 1. The van der Waals surface area contributed by atoms with Crippen molar-refractivity contribution in [1.82, 2.24) is 9.36 Å². The third-order valence-corrected chi connectivity index (χ3v) is 3.88. The summed E-state index contributed by atoms with van der Waals surface area (Å²) >= 11 is 1.16. The normalized spacial score (nSPS) is 10.4. The third kappa shape index (κ3) is 3.97. The fraction of sp³-hybridized carbons (Fsp3) is 0.167. The summed E-state index contributed by atoms with van der Waals surface area (Å²) in [6, 6.07) is 16.8. The smallest absolute Gasteiger partial charge is 0.257 e. The van der Waals surface area contributed by atoms with E-state index in [0.29, 0.717) is 28.9 Å². The van der Waals surface area contributed by atoms with Crippen molar-refractivity contribution in [2.24, 2.45) is 0 Å². The van der Waals surface area contributed by atoms with Gasteiger partial charge in [0.2, 0.25) is 5.13 Å². The van der Waals surface area contributed by atoms with E-state index in [2.05, 4.69) is 14.7 Å². The Morgan fingerprint density at radius 2 is 2.00 bits per heavy atom. The van der Waals surface area contributed by atoms with Crippen molar-refractivity contribution in [3.8, 4) is 17.1 Å². The molecule has 6 heteroatoms. The number of amides is 1. The van der Waals surface area contributed by atoms with Crippen LogP contribution in [0.5, 0.6) is 5.75 Å². The Morgan fingerprint density at radius 3 is 2.79 bits per heavy atom. The first-order valence-corrected chi connectivity index (χ1v) is 8.47. The van der Waals surface area contributed by atoms with Gasteiger partial charge in [-0.3, -0.25) is 10.1 Å². The van der Waals surface area contributed by atoms with Crippen molar-refractivity contribution in [3.05, 3.63) is 60.2 Å². The van der Waals surface area contributed by atoms with Gasteiger partial charge in [0.05, 0.1) is 6.61 Å². The van der Waals surface area contributed by atoms with E-state index >= 15 is 0 Å². The van der Waals surface area contributed by atoms with Crippen molar-refractivity contribution < 1.29 is 9.53 Å². The minimum absolute atomic E-state index is 0.229. The fourth-order valence-corrected chi connectivity index (χ4v) is 2.68. The molecular formula is C18H17N3O2S. The molecule has 0 aliphatic carbocycles. The maximum Gasteiger partial charge on any atom is 0.257 e. The highest BCUT2D eigenvalue weighted by Crippen LogP contribution is 2.21. The molecule has 3 aromatic rings. The Balaban J connectivity index is 1.70. The minimum atomic E-state index is -0.229. The van der Waals surface area contributed by atoms with Gasteiger partial charge in [0.1, 0.15) is 5.75 Å². The second kappa shape index (κ2) is 7.70. The van der Waals surface area contributed by atoms with E-state index in [9.17, 15) is 4.79 Å². The molecule has 3 rings (SSSR count). The molecule has 0 unspecified atom stereocenters. The van der Waals surface area contributed by atoms with Crippen LogP contribution in [0.3, 0.4) is 0 Å². The Labute approximate surface area is 144 Å². The van der Waals surface area contributed by atoms with Gasteiger partial charge in [-0.1, -0.05) is 43.3 Å². The lowest BCUT2D eigenvalue weighted by atomic mass is 10.2. The first kappa shape index (κ1) is 16.1. The average Bonchev–Trinajstić information content (AvgIpc) is 3.09. The van der Waals surface area contributed by atoms with Crippen LogP contribution >= 0.6 is 11.5 Å². The maximum absolute atomic E-state index is 12.4. The van der Waals surface area contributed by atoms with Crippen LogP contribution in [0.15, 0.2) is 54.6 Å². The lowest BCUT2D eigenvalue weighted by Gasteiger charge is -2.06. The van der Waals surface area contributed by atoms with Gasteiger partial charge in [-0.15, -0.1) is 0 Å². The molecule has 0 bridgehead atoms. The summed E-state index contributed by atoms with van der Waals surface area (Å²) in [6.07, 6.45) is 0.920. The predicted octanol–water partition coefficient (Wildman–Crippen LogP) is 4.25. The van der Waals surface area contributed by atoms with Crippen LogP contribution in [0.2, 0.25) is 0 Å². The first-order valence-electron chi connectivity index (χ1n) is 7.69. The van der Waals surface area contributed by atoms with Crippen LogP contribution in [0.4, 0.5) is 5.13 Å². The standard InChI is InChI=1S/C18H17N3O2S/c1-2-11-23-15-10-6-9-14(12-15)17(22)20-18-19-16(21-24-18)13-7-4-3-5-8-13/h3-10,12H,2,11H2,1H3,(H,19,20,21,22). The Kier molecular flexibility index (Phi) is 5.18. The van der Waals surface area contributed by atoms with Gasteiger partial charge in [-0.05, 0) is 24.6 Å². The van der Waals surface area contributed by atoms with E-state index in [0.717, 1.165) is 23.5 Å². The zero-order chi connectivity index (χ0) is 16.8. The molecule has 122 valence electrons. The van der Waals surface area contributed by atoms with Crippen molar-refractivity contribution in [2.75, 3.05) is 11.9 Å². The van der Waals surface area contributed by atoms with Crippen molar-refractivity contribution in [1.29, 1.82) is 0 Å². The number of anilines is 1. The van der Waals surface area contributed by atoms with E-state index in [-0.39, 0.29) is 5.91 Å². The first-order chi connectivity index (χ1) is 11.8. The Bertz CT molecular complexity index is 818. The molecule has 2 aromatic carbocycles. The minimum Gasteiger partial charge on any atom is -0.494 e. The summed E-state index contributed by atoms with van der Waals surface area (Å²) in [4.78, 5) is 16.7. The lowest BCUT2D eigenvalue weighted by molar-refractivity contribution is 0.102. The average molecular weight is 339 g/mol. The van der Waals surface area contributed by atoms with Crippen molar-refractivity contribution in [2.45, 2.75) is 13.3 Å². The molecule has 1 N–H and O–H groups in total. The van der Waals surface area contributed by atoms with Gasteiger partial charge >= 0.3 is 0 Å². The number of aromatic nitrogens is 2. The van der Waals surface area contributed by atoms with Gasteiger partial charge in [0.25, 0.3) is 5.91 Å². The maximum atomic E-state index is 12.4. The van der Waals surface area contributed by atoms with E-state index < -0.39 is 0 Å². The van der Waals surface area contributed by atoms with Gasteiger partial charge in [-0.25, -0.2) is 0 Å². The molecule has 5 nitrogen and oxygen atoms in total.